The van der Waals surface area contributed by atoms with E-state index in [1.807, 2.05) is 57.4 Å². The van der Waals surface area contributed by atoms with Crippen molar-refractivity contribution in [2.45, 2.75) is 158 Å². The highest BCUT2D eigenvalue weighted by Gasteiger charge is 2.44. The second-order valence-corrected chi connectivity index (χ2v) is 17.5. The van der Waals surface area contributed by atoms with Gasteiger partial charge in [0.05, 0.1) is 61.1 Å². The Morgan fingerprint density at radius 2 is 1.30 bits per heavy atom. The quantitative estimate of drug-likeness (QED) is 0.131. The number of halogens is 2. The molecule has 2 saturated heterocycles. The smallest absolute Gasteiger partial charge is 0.376 e. The van der Waals surface area contributed by atoms with E-state index in [-0.39, 0.29) is 64.1 Å². The van der Waals surface area contributed by atoms with Crippen molar-refractivity contribution in [3.63, 3.8) is 0 Å². The zero-order valence-corrected chi connectivity index (χ0v) is 34.9. The normalized spacial score (nSPS) is 24.3. The molecule has 2 fully saturated rings. The third-order valence-electron chi connectivity index (χ3n) is 8.53. The number of phosphoric ester groups is 2. The largest absolute Gasteiger partial charge is 0.472 e. The summed E-state index contributed by atoms with van der Waals surface area (Å²) in [6.07, 6.45) is -2.60. The van der Waals surface area contributed by atoms with E-state index in [0.29, 0.717) is 6.42 Å². The first-order valence-corrected chi connectivity index (χ1v) is 21.4. The lowest BCUT2D eigenvalue weighted by Gasteiger charge is -2.23. The van der Waals surface area contributed by atoms with Gasteiger partial charge in [-0.2, -0.15) is 0 Å². The maximum atomic E-state index is 14.2. The lowest BCUT2D eigenvalue weighted by atomic mass is 10.0. The fourth-order valence-electron chi connectivity index (χ4n) is 6.16. The van der Waals surface area contributed by atoms with Gasteiger partial charge in [-0.25, -0.2) is 22.9 Å². The molecule has 18 heteroatoms. The van der Waals surface area contributed by atoms with Crippen molar-refractivity contribution in [3.8, 4) is 0 Å². The molecule has 0 bridgehead atoms. The summed E-state index contributed by atoms with van der Waals surface area (Å²) < 4.78 is 98.2. The van der Waals surface area contributed by atoms with Crippen LogP contribution in [0, 0.1) is 25.5 Å². The third kappa shape index (κ3) is 14.8. The average molecular weight is 853 g/mol. The van der Waals surface area contributed by atoms with Crippen LogP contribution in [0.1, 0.15) is 112 Å². The summed E-state index contributed by atoms with van der Waals surface area (Å²) >= 11 is 0. The molecule has 2 aliphatic rings. The lowest BCUT2D eigenvalue weighted by Crippen LogP contribution is -2.30. The Morgan fingerprint density at radius 1 is 0.772 bits per heavy atom. The van der Waals surface area contributed by atoms with Crippen LogP contribution >= 0.6 is 15.6 Å². The maximum absolute atomic E-state index is 14.2. The number of ether oxygens (including phenoxy) is 4. The van der Waals surface area contributed by atoms with Crippen LogP contribution in [-0.2, 0) is 46.2 Å². The van der Waals surface area contributed by atoms with Gasteiger partial charge in [-0.15, -0.1) is 0 Å². The minimum atomic E-state index is -4.32. The fourth-order valence-corrected chi connectivity index (χ4v) is 8.46. The summed E-state index contributed by atoms with van der Waals surface area (Å²) in [4.78, 5) is 24.5. The van der Waals surface area contributed by atoms with Gasteiger partial charge in [0.2, 0.25) is 0 Å². The molecule has 2 aliphatic heterocycles. The highest BCUT2D eigenvalue weighted by Crippen LogP contribution is 2.51. The molecule has 5 rings (SSSR count). The zero-order valence-electron chi connectivity index (χ0n) is 33.1. The van der Waals surface area contributed by atoms with Gasteiger partial charge in [0.15, 0.2) is 0 Å². The molecule has 57 heavy (non-hydrogen) atoms. The summed E-state index contributed by atoms with van der Waals surface area (Å²) in [5.74, 6) is -1.38. The van der Waals surface area contributed by atoms with Gasteiger partial charge in [-0.3, -0.25) is 18.1 Å². The van der Waals surface area contributed by atoms with Gasteiger partial charge in [0, 0.05) is 24.5 Å². The number of rotatable bonds is 16. The average Bonchev–Trinajstić information content (AvgIpc) is 3.76. The molecule has 1 aromatic heterocycles. The summed E-state index contributed by atoms with van der Waals surface area (Å²) in [6, 6.07) is 8.13. The Hall–Kier alpha value is -2.17. The highest BCUT2D eigenvalue weighted by atomic mass is 31.2. The number of phosphoric acid groups is 2. The minimum Gasteiger partial charge on any atom is -0.376 e. The molecular formula is C39H64F2N2O12P2. The molecule has 0 aliphatic carbocycles. The fraction of sp³-hybridized carbons (Fsp3) is 0.667. The van der Waals surface area contributed by atoms with E-state index in [0.717, 1.165) is 22.7 Å². The van der Waals surface area contributed by atoms with E-state index in [2.05, 4.69) is 4.98 Å². The van der Waals surface area contributed by atoms with Gasteiger partial charge >= 0.3 is 15.6 Å². The highest BCUT2D eigenvalue weighted by molar-refractivity contribution is 7.47. The molecule has 0 spiro atoms. The molecule has 14 nitrogen and oxygen atoms in total. The van der Waals surface area contributed by atoms with E-state index in [9.17, 15) is 27.7 Å². The van der Waals surface area contributed by atoms with E-state index in [4.69, 9.17) is 37.0 Å². The number of benzene rings is 2. The van der Waals surface area contributed by atoms with E-state index in [1.165, 1.54) is 13.0 Å². The summed E-state index contributed by atoms with van der Waals surface area (Å²) in [7, 11) is -8.52. The predicted octanol–water partition coefficient (Wildman–Crippen LogP) is 9.68. The second-order valence-electron chi connectivity index (χ2n) is 14.8. The Balaban J connectivity index is 0.000000380. The van der Waals surface area contributed by atoms with Crippen molar-refractivity contribution in [1.82, 2.24) is 9.55 Å². The Bertz CT molecular complexity index is 1810. The number of para-hydroxylation sites is 1. The molecular weight excluding hydrogens is 788 g/mol. The van der Waals surface area contributed by atoms with Gasteiger partial charge in [-0.05, 0) is 92.5 Å². The minimum absolute atomic E-state index is 0. The first kappa shape index (κ1) is 51.0. The molecule has 2 N–H and O–H groups in total. The second kappa shape index (κ2) is 21.9. The van der Waals surface area contributed by atoms with Gasteiger partial charge < -0.3 is 33.3 Å². The van der Waals surface area contributed by atoms with Crippen LogP contribution in [-0.4, -0.2) is 81.4 Å². The number of hydrogen-bond acceptors (Lipinski definition) is 11. The third-order valence-corrected chi connectivity index (χ3v) is 11.0. The van der Waals surface area contributed by atoms with Crippen LogP contribution in [0.4, 0.5) is 8.78 Å². The monoisotopic (exact) mass is 852 g/mol. The Morgan fingerprint density at radius 3 is 1.82 bits per heavy atom. The van der Waals surface area contributed by atoms with Crippen molar-refractivity contribution >= 4 is 26.7 Å². The number of fused-ring (bicyclic) bond motifs is 1. The Kier molecular flexibility index (Phi) is 19.6. The molecule has 0 saturated carbocycles. The van der Waals surface area contributed by atoms with Gasteiger partial charge in [-0.1, -0.05) is 27.0 Å². The molecule has 0 amide bonds. The number of imidazole rings is 1. The van der Waals surface area contributed by atoms with E-state index < -0.39 is 70.0 Å². The Labute approximate surface area is 336 Å². The molecule has 4 unspecified atom stereocenters. The van der Waals surface area contributed by atoms with Crippen molar-refractivity contribution in [1.29, 1.82) is 0 Å². The van der Waals surface area contributed by atoms with Crippen LogP contribution in [0.2, 0.25) is 0 Å². The van der Waals surface area contributed by atoms with Gasteiger partial charge in [0.25, 0.3) is 0 Å². The van der Waals surface area contributed by atoms with E-state index >= 15 is 0 Å². The first-order chi connectivity index (χ1) is 25.6. The van der Waals surface area contributed by atoms with E-state index in [1.54, 1.807) is 34.0 Å². The standard InChI is InChI=1S/C19H29N2O6P.C18H27F2O6P.2CH4/c1-12(2)24-10-17-16(27-28(22,23)26-13(3)4)9-18(25-17)21-11-20-19-14(5)7-6-8-15(19)21;1-10(2)23-9-18-17(26-27(21,22)25-11(3)4)8-16(24-18)13-6-12(5)14(19)7-15(13)20;;/h6-8,11-13,16-18H,9-10H2,1-5H3,(H,22,23);6-7,10-11,16-18H,8-9H2,1-5H3,(H,21,22);2*1H4/t16?,17-,18-;16-,17?,18-;;/m11../s1. The number of hydrogen-bond donors (Lipinski definition) is 2. The van der Waals surface area contributed by atoms with Crippen molar-refractivity contribution < 1.29 is 64.7 Å². The molecule has 3 aromatic rings. The molecule has 8 atom stereocenters. The van der Waals surface area contributed by atoms with Crippen LogP contribution < -0.4 is 0 Å². The first-order valence-electron chi connectivity index (χ1n) is 18.5. The molecule has 0 radical (unpaired) electrons. The van der Waals surface area contributed by atoms with Gasteiger partial charge in [0.1, 0.15) is 42.3 Å². The number of aromatic nitrogens is 2. The number of aryl methyl sites for hydroxylation is 2. The number of nitrogens with zero attached hydrogens (tertiary/aromatic N) is 2. The predicted molar refractivity (Wildman–Crippen MR) is 214 cm³/mol. The maximum Gasteiger partial charge on any atom is 0.472 e. The van der Waals surface area contributed by atoms with Crippen LogP contribution in [0.5, 0.6) is 0 Å². The van der Waals surface area contributed by atoms with Crippen molar-refractivity contribution in [3.05, 3.63) is 65.0 Å². The lowest BCUT2D eigenvalue weighted by molar-refractivity contribution is -0.0731. The SMILES string of the molecule is C.C.Cc1cc([C@H]2CC(OP(=O)(O)OC(C)C)[C@@H](COC(C)C)O2)c(F)cc1F.Cc1cccc2c1ncn2[C@H]1CC(OP(=O)(O)OC(C)C)[C@@H](COC(C)C)O1. The molecule has 326 valence electrons. The van der Waals surface area contributed by atoms with Crippen LogP contribution in [0.15, 0.2) is 36.7 Å². The van der Waals surface area contributed by atoms with Crippen molar-refractivity contribution in [2.75, 3.05) is 13.2 Å². The summed E-state index contributed by atoms with van der Waals surface area (Å²) in [6.45, 7) is 18.0. The molecule has 2 aromatic carbocycles. The topological polar surface area (TPSA) is 166 Å². The van der Waals surface area contributed by atoms with Crippen molar-refractivity contribution in [2.24, 2.45) is 0 Å². The van der Waals surface area contributed by atoms with Crippen LogP contribution in [0.3, 0.4) is 0 Å². The zero-order chi connectivity index (χ0) is 40.8. The molecule has 3 heterocycles. The summed E-state index contributed by atoms with van der Waals surface area (Å²) in [5.41, 5.74) is 3.38. The summed E-state index contributed by atoms with van der Waals surface area (Å²) in [5, 5.41) is 0. The van der Waals surface area contributed by atoms with Crippen LogP contribution in [0.25, 0.3) is 11.0 Å².